The molecule has 2 fully saturated rings. The lowest BCUT2D eigenvalue weighted by atomic mass is 10.1. The van der Waals surface area contributed by atoms with Crippen molar-refractivity contribution in [1.29, 1.82) is 0 Å². The average molecular weight is 347 g/mol. The number of rotatable bonds is 3. The third kappa shape index (κ3) is 3.39. The third-order valence-corrected chi connectivity index (χ3v) is 4.04. The van der Waals surface area contributed by atoms with Crippen molar-refractivity contribution >= 4 is 40.9 Å². The molecule has 2 saturated heterocycles. The number of ether oxygens (including phenoxy) is 2. The fraction of sp³-hybridized carbons (Fsp3) is 0.312. The first-order valence-corrected chi connectivity index (χ1v) is 7.88. The fourth-order valence-corrected chi connectivity index (χ4v) is 2.78. The molecule has 0 radical (unpaired) electrons. The second-order valence-corrected chi connectivity index (χ2v) is 5.73. The van der Waals surface area contributed by atoms with Gasteiger partial charge in [-0.05, 0) is 30.4 Å². The Labute approximate surface area is 144 Å². The highest BCUT2D eigenvalue weighted by atomic mass is 32.1. The maximum atomic E-state index is 11.9. The van der Waals surface area contributed by atoms with Crippen molar-refractivity contribution in [3.8, 4) is 5.75 Å². The van der Waals surface area contributed by atoms with Crippen molar-refractivity contribution in [2.24, 2.45) is 0 Å². The van der Waals surface area contributed by atoms with Gasteiger partial charge in [0.2, 0.25) is 0 Å². The molecule has 0 bridgehead atoms. The van der Waals surface area contributed by atoms with Gasteiger partial charge in [-0.25, -0.2) is 0 Å². The van der Waals surface area contributed by atoms with Crippen LogP contribution >= 0.6 is 12.2 Å². The van der Waals surface area contributed by atoms with Gasteiger partial charge in [-0.3, -0.25) is 20.2 Å². The highest BCUT2D eigenvalue weighted by Gasteiger charge is 2.26. The summed E-state index contributed by atoms with van der Waals surface area (Å²) in [6.45, 7) is 3.00. The molecule has 2 amide bonds. The summed E-state index contributed by atoms with van der Waals surface area (Å²) in [6.07, 6.45) is 1.49. The molecule has 1 aromatic carbocycles. The van der Waals surface area contributed by atoms with Crippen LogP contribution in [0.1, 0.15) is 5.56 Å². The Morgan fingerprint density at radius 3 is 2.50 bits per heavy atom. The summed E-state index contributed by atoms with van der Waals surface area (Å²) in [5.74, 6) is -0.466. The van der Waals surface area contributed by atoms with Crippen LogP contribution in [0.25, 0.3) is 6.08 Å². The molecule has 1 aromatic rings. The standard InChI is InChI=1S/C16H17N3O4S/c1-22-13-9-11(19-4-6-23-7-5-19)3-2-10(13)8-12-14(20)17-16(24)18-15(12)21/h2-3,8-9H,4-7H2,1H3,(H2,17,18,20,21,24). The van der Waals surface area contributed by atoms with Crippen LogP contribution in [0.2, 0.25) is 0 Å². The molecule has 8 heteroatoms. The predicted molar refractivity (Wildman–Crippen MR) is 92.9 cm³/mol. The second-order valence-electron chi connectivity index (χ2n) is 5.32. The number of amides is 2. The van der Waals surface area contributed by atoms with E-state index in [1.54, 1.807) is 7.11 Å². The molecule has 0 saturated carbocycles. The van der Waals surface area contributed by atoms with E-state index in [1.165, 1.54) is 6.08 Å². The second kappa shape index (κ2) is 6.98. The normalized spacial score (nSPS) is 18.1. The maximum Gasteiger partial charge on any atom is 0.263 e. The highest BCUT2D eigenvalue weighted by Crippen LogP contribution is 2.28. The first kappa shape index (κ1) is 16.4. The molecular weight excluding hydrogens is 330 g/mol. The number of methoxy groups -OCH3 is 1. The van der Waals surface area contributed by atoms with Crippen LogP contribution in [-0.2, 0) is 14.3 Å². The van der Waals surface area contributed by atoms with Gasteiger partial charge in [-0.15, -0.1) is 0 Å². The zero-order chi connectivity index (χ0) is 17.1. The fourth-order valence-electron chi connectivity index (χ4n) is 2.60. The molecule has 0 aromatic heterocycles. The summed E-state index contributed by atoms with van der Waals surface area (Å²) >= 11 is 4.78. The van der Waals surface area contributed by atoms with Gasteiger partial charge in [0.1, 0.15) is 11.3 Å². The number of benzene rings is 1. The molecule has 0 spiro atoms. The van der Waals surface area contributed by atoms with Crippen LogP contribution in [0.3, 0.4) is 0 Å². The van der Waals surface area contributed by atoms with Gasteiger partial charge in [0, 0.05) is 30.4 Å². The Morgan fingerprint density at radius 1 is 1.21 bits per heavy atom. The summed E-state index contributed by atoms with van der Waals surface area (Å²) in [6, 6.07) is 5.65. The van der Waals surface area contributed by atoms with E-state index in [9.17, 15) is 9.59 Å². The van der Waals surface area contributed by atoms with Gasteiger partial charge < -0.3 is 14.4 Å². The molecule has 2 heterocycles. The Morgan fingerprint density at radius 2 is 1.88 bits per heavy atom. The lowest BCUT2D eigenvalue weighted by Gasteiger charge is -2.29. The molecule has 2 N–H and O–H groups in total. The number of carbonyl (C=O) groups is 2. The molecule has 2 aliphatic rings. The van der Waals surface area contributed by atoms with Crippen molar-refractivity contribution in [2.75, 3.05) is 38.3 Å². The van der Waals surface area contributed by atoms with E-state index >= 15 is 0 Å². The minimum absolute atomic E-state index is 0.0109. The van der Waals surface area contributed by atoms with E-state index in [4.69, 9.17) is 21.7 Å². The first-order valence-electron chi connectivity index (χ1n) is 7.47. The number of hydrogen-bond acceptors (Lipinski definition) is 6. The Kier molecular flexibility index (Phi) is 4.77. The molecule has 2 aliphatic heterocycles. The van der Waals surface area contributed by atoms with Crippen molar-refractivity contribution in [3.05, 3.63) is 29.3 Å². The smallest absolute Gasteiger partial charge is 0.263 e. The van der Waals surface area contributed by atoms with Crippen molar-refractivity contribution < 1.29 is 19.1 Å². The number of carbonyl (C=O) groups excluding carboxylic acids is 2. The van der Waals surface area contributed by atoms with Crippen LogP contribution in [0.5, 0.6) is 5.75 Å². The molecule has 126 valence electrons. The summed E-state index contributed by atoms with van der Waals surface area (Å²) in [5, 5.41) is 4.83. The summed E-state index contributed by atoms with van der Waals surface area (Å²) in [5.41, 5.74) is 1.64. The van der Waals surface area contributed by atoms with Crippen LogP contribution < -0.4 is 20.3 Å². The third-order valence-electron chi connectivity index (χ3n) is 3.84. The van der Waals surface area contributed by atoms with Gasteiger partial charge >= 0.3 is 0 Å². The lowest BCUT2D eigenvalue weighted by Crippen LogP contribution is -2.51. The first-order chi connectivity index (χ1) is 11.6. The Balaban J connectivity index is 1.90. The quantitative estimate of drug-likeness (QED) is 0.469. The molecule has 0 atom stereocenters. The summed E-state index contributed by atoms with van der Waals surface area (Å²) in [7, 11) is 1.55. The Hall–Kier alpha value is -2.45. The van der Waals surface area contributed by atoms with E-state index in [0.29, 0.717) is 24.5 Å². The number of hydrogen-bond donors (Lipinski definition) is 2. The van der Waals surface area contributed by atoms with E-state index in [-0.39, 0.29) is 10.7 Å². The van der Waals surface area contributed by atoms with E-state index in [1.807, 2.05) is 18.2 Å². The van der Waals surface area contributed by atoms with Crippen LogP contribution in [0.15, 0.2) is 23.8 Å². The number of nitrogens with zero attached hydrogens (tertiary/aromatic N) is 1. The number of thiocarbonyl (C=S) groups is 1. The van der Waals surface area contributed by atoms with Gasteiger partial charge in [0.05, 0.1) is 20.3 Å². The molecule has 3 rings (SSSR count). The highest BCUT2D eigenvalue weighted by molar-refractivity contribution is 7.80. The summed E-state index contributed by atoms with van der Waals surface area (Å²) < 4.78 is 10.8. The monoisotopic (exact) mass is 347 g/mol. The number of nitrogens with one attached hydrogen (secondary N) is 2. The SMILES string of the molecule is COc1cc(N2CCOCC2)ccc1C=C1C(=O)NC(=S)NC1=O. The van der Waals surface area contributed by atoms with Crippen LogP contribution in [0.4, 0.5) is 5.69 Å². The predicted octanol–water partition coefficient (Wildman–Crippen LogP) is 0.446. The molecule has 0 unspecified atom stereocenters. The van der Waals surface area contributed by atoms with Gasteiger partial charge in [-0.1, -0.05) is 0 Å². The average Bonchev–Trinajstić information content (AvgIpc) is 2.59. The van der Waals surface area contributed by atoms with Crippen molar-refractivity contribution in [3.63, 3.8) is 0 Å². The summed E-state index contributed by atoms with van der Waals surface area (Å²) in [4.78, 5) is 26.1. The van der Waals surface area contributed by atoms with Gasteiger partial charge in [0.15, 0.2) is 5.11 Å². The molecule has 7 nitrogen and oxygen atoms in total. The van der Waals surface area contributed by atoms with Crippen molar-refractivity contribution in [1.82, 2.24) is 10.6 Å². The minimum Gasteiger partial charge on any atom is -0.496 e. The van der Waals surface area contributed by atoms with Crippen LogP contribution in [-0.4, -0.2) is 50.3 Å². The van der Waals surface area contributed by atoms with E-state index < -0.39 is 11.8 Å². The van der Waals surface area contributed by atoms with E-state index in [2.05, 4.69) is 15.5 Å². The molecule has 24 heavy (non-hydrogen) atoms. The topological polar surface area (TPSA) is 79.9 Å². The van der Waals surface area contributed by atoms with Gasteiger partial charge in [-0.2, -0.15) is 0 Å². The largest absolute Gasteiger partial charge is 0.496 e. The number of anilines is 1. The van der Waals surface area contributed by atoms with E-state index in [0.717, 1.165) is 18.8 Å². The molecular formula is C16H17N3O4S. The zero-order valence-corrected chi connectivity index (χ0v) is 13.9. The lowest BCUT2D eigenvalue weighted by molar-refractivity contribution is -0.123. The zero-order valence-electron chi connectivity index (χ0n) is 13.1. The maximum absolute atomic E-state index is 11.9. The number of morpholine rings is 1. The van der Waals surface area contributed by atoms with Crippen LogP contribution in [0, 0.1) is 0 Å². The molecule has 0 aliphatic carbocycles. The Bertz CT molecular complexity index is 704. The minimum atomic E-state index is -0.525. The van der Waals surface area contributed by atoms with Crippen molar-refractivity contribution in [2.45, 2.75) is 0 Å². The van der Waals surface area contributed by atoms with Gasteiger partial charge in [0.25, 0.3) is 11.8 Å².